The molecule has 4 rings (SSSR count). The monoisotopic (exact) mass is 644 g/mol. The predicted octanol–water partition coefficient (Wildman–Crippen LogP) is 3.86. The third-order valence-electron chi connectivity index (χ3n) is 5.53. The van der Waals surface area contributed by atoms with E-state index in [-0.39, 0.29) is 28.6 Å². The molecule has 4 aromatic rings. The SMILES string of the molecule is O=C(CN(Cc1ccccc1)S(=O)(=O)c1ccccc1)N/N=C\c1ccc(CNS(=O)(=O)c2ccc(Br)cc2)o1. The highest BCUT2D eigenvalue weighted by Crippen LogP contribution is 2.18. The second kappa shape index (κ2) is 13.2. The van der Waals surface area contributed by atoms with Crippen molar-refractivity contribution in [1.82, 2.24) is 14.5 Å². The molecule has 0 saturated carbocycles. The topological polar surface area (TPSA) is 138 Å². The molecular weight excluding hydrogens is 620 g/mol. The summed E-state index contributed by atoms with van der Waals surface area (Å²) < 4.78 is 61.2. The fourth-order valence-electron chi connectivity index (χ4n) is 3.54. The van der Waals surface area contributed by atoms with Gasteiger partial charge in [0.1, 0.15) is 11.5 Å². The van der Waals surface area contributed by atoms with Gasteiger partial charge in [-0.3, -0.25) is 4.79 Å². The van der Waals surface area contributed by atoms with Gasteiger partial charge in [0.2, 0.25) is 20.0 Å². The van der Waals surface area contributed by atoms with Crippen LogP contribution in [0.1, 0.15) is 17.1 Å². The van der Waals surface area contributed by atoms with Crippen LogP contribution in [0.5, 0.6) is 0 Å². The summed E-state index contributed by atoms with van der Waals surface area (Å²) in [6.45, 7) is -0.567. The molecule has 208 valence electrons. The molecule has 0 aliphatic carbocycles. The number of hydrazone groups is 1. The molecule has 13 heteroatoms. The first kappa shape index (κ1) is 29.4. The molecule has 0 aliphatic heterocycles. The minimum absolute atomic E-state index is 0.00703. The molecule has 0 atom stereocenters. The van der Waals surface area contributed by atoms with E-state index < -0.39 is 32.5 Å². The number of hydrogen-bond acceptors (Lipinski definition) is 7. The standard InChI is InChI=1S/C27H25BrN4O6S2/c28-22-11-15-25(16-12-22)39(34,35)30-18-24-14-13-23(38-24)17-29-31-27(33)20-32(19-21-7-3-1-4-8-21)40(36,37)26-9-5-2-6-10-26/h1-17,30H,18-20H2,(H,31,33)/b29-17-. The van der Waals surface area contributed by atoms with Gasteiger partial charge >= 0.3 is 0 Å². The number of nitrogens with one attached hydrogen (secondary N) is 2. The van der Waals surface area contributed by atoms with Crippen LogP contribution >= 0.6 is 15.9 Å². The Kier molecular flexibility index (Phi) is 9.66. The number of hydrogen-bond donors (Lipinski definition) is 2. The van der Waals surface area contributed by atoms with Gasteiger partial charge in [0, 0.05) is 11.0 Å². The Bertz CT molecular complexity index is 1680. The molecule has 1 heterocycles. The van der Waals surface area contributed by atoms with Crippen molar-refractivity contribution in [3.8, 4) is 0 Å². The van der Waals surface area contributed by atoms with E-state index in [1.165, 1.54) is 30.5 Å². The van der Waals surface area contributed by atoms with Crippen LogP contribution in [0.3, 0.4) is 0 Å². The van der Waals surface area contributed by atoms with Crippen molar-refractivity contribution in [2.45, 2.75) is 22.9 Å². The first-order valence-electron chi connectivity index (χ1n) is 11.9. The molecule has 10 nitrogen and oxygen atoms in total. The second-order valence-electron chi connectivity index (χ2n) is 8.45. The molecule has 0 saturated heterocycles. The zero-order valence-corrected chi connectivity index (χ0v) is 24.2. The van der Waals surface area contributed by atoms with Crippen molar-refractivity contribution in [2.75, 3.05) is 6.54 Å². The molecule has 3 aromatic carbocycles. The molecule has 40 heavy (non-hydrogen) atoms. The van der Waals surface area contributed by atoms with Crippen molar-refractivity contribution in [3.05, 3.63) is 119 Å². The van der Waals surface area contributed by atoms with Gasteiger partial charge in [-0.25, -0.2) is 27.0 Å². The Morgan fingerprint density at radius 2 is 1.50 bits per heavy atom. The summed E-state index contributed by atoms with van der Waals surface area (Å²) in [4.78, 5) is 12.8. The van der Waals surface area contributed by atoms with Gasteiger partial charge in [0.25, 0.3) is 5.91 Å². The average molecular weight is 646 g/mol. The number of rotatable bonds is 12. The molecule has 0 bridgehead atoms. The van der Waals surface area contributed by atoms with E-state index >= 15 is 0 Å². The molecule has 0 fully saturated rings. The summed E-state index contributed by atoms with van der Waals surface area (Å²) in [7, 11) is -7.70. The largest absolute Gasteiger partial charge is 0.459 e. The number of halogens is 1. The molecular formula is C27H25BrN4O6S2. The summed E-state index contributed by atoms with van der Waals surface area (Å²) in [6, 6.07) is 26.1. The minimum Gasteiger partial charge on any atom is -0.459 e. The normalized spacial score (nSPS) is 12.2. The van der Waals surface area contributed by atoms with Crippen LogP contribution in [0.25, 0.3) is 0 Å². The molecule has 0 aliphatic rings. The lowest BCUT2D eigenvalue weighted by atomic mass is 10.2. The van der Waals surface area contributed by atoms with Gasteiger partial charge < -0.3 is 4.42 Å². The van der Waals surface area contributed by atoms with Gasteiger partial charge in [-0.05, 0) is 54.1 Å². The average Bonchev–Trinajstić information content (AvgIpc) is 3.41. The molecule has 0 spiro atoms. The molecule has 1 amide bonds. The van der Waals surface area contributed by atoms with E-state index in [1.54, 1.807) is 66.7 Å². The Balaban J connectivity index is 1.36. The number of amides is 1. The van der Waals surface area contributed by atoms with Gasteiger partial charge in [-0.2, -0.15) is 9.41 Å². The maximum absolute atomic E-state index is 13.2. The Labute approximate surface area is 240 Å². The van der Waals surface area contributed by atoms with Gasteiger partial charge in [-0.1, -0.05) is 64.5 Å². The van der Waals surface area contributed by atoms with Crippen LogP contribution in [0.15, 0.2) is 121 Å². The third kappa shape index (κ3) is 7.96. The van der Waals surface area contributed by atoms with Crippen molar-refractivity contribution in [1.29, 1.82) is 0 Å². The van der Waals surface area contributed by atoms with Crippen LogP contribution < -0.4 is 10.1 Å². The highest BCUT2D eigenvalue weighted by atomic mass is 79.9. The summed E-state index contributed by atoms with van der Waals surface area (Å²) in [5.41, 5.74) is 3.03. The van der Waals surface area contributed by atoms with E-state index in [4.69, 9.17) is 4.42 Å². The lowest BCUT2D eigenvalue weighted by Gasteiger charge is -2.21. The summed E-state index contributed by atoms with van der Waals surface area (Å²) in [6.07, 6.45) is 1.23. The van der Waals surface area contributed by atoms with Crippen LogP contribution in [-0.4, -0.2) is 39.8 Å². The second-order valence-corrected chi connectivity index (χ2v) is 13.1. The zero-order valence-electron chi connectivity index (χ0n) is 21.0. The Morgan fingerprint density at radius 1 is 0.850 bits per heavy atom. The van der Waals surface area contributed by atoms with Crippen molar-refractivity contribution >= 4 is 48.1 Å². The summed E-state index contributed by atoms with van der Waals surface area (Å²) in [5, 5.41) is 3.85. The van der Waals surface area contributed by atoms with Gasteiger partial charge in [0.05, 0.1) is 29.1 Å². The lowest BCUT2D eigenvalue weighted by molar-refractivity contribution is -0.121. The van der Waals surface area contributed by atoms with Crippen LogP contribution in [0.2, 0.25) is 0 Å². The molecule has 0 radical (unpaired) electrons. The number of sulfonamides is 2. The number of furan rings is 1. The Morgan fingerprint density at radius 3 is 2.17 bits per heavy atom. The first-order chi connectivity index (χ1) is 19.1. The van der Waals surface area contributed by atoms with Gasteiger partial charge in [0.15, 0.2) is 0 Å². The van der Waals surface area contributed by atoms with Crippen molar-refractivity contribution in [3.63, 3.8) is 0 Å². The number of benzene rings is 3. The highest BCUT2D eigenvalue weighted by Gasteiger charge is 2.26. The maximum Gasteiger partial charge on any atom is 0.255 e. The number of nitrogens with zero attached hydrogens (tertiary/aromatic N) is 2. The number of carbonyl (C=O) groups excluding carboxylic acids is 1. The van der Waals surface area contributed by atoms with E-state index in [9.17, 15) is 21.6 Å². The first-order valence-corrected chi connectivity index (χ1v) is 15.6. The van der Waals surface area contributed by atoms with E-state index in [2.05, 4.69) is 31.2 Å². The predicted molar refractivity (Wildman–Crippen MR) is 153 cm³/mol. The Hall–Kier alpha value is -3.62. The third-order valence-corrected chi connectivity index (χ3v) is 9.28. The van der Waals surface area contributed by atoms with E-state index in [0.29, 0.717) is 5.76 Å². The molecule has 1 aromatic heterocycles. The highest BCUT2D eigenvalue weighted by molar-refractivity contribution is 9.10. The van der Waals surface area contributed by atoms with Gasteiger partial charge in [-0.15, -0.1) is 0 Å². The van der Waals surface area contributed by atoms with Crippen molar-refractivity contribution in [2.24, 2.45) is 5.10 Å². The van der Waals surface area contributed by atoms with E-state index in [0.717, 1.165) is 14.3 Å². The smallest absolute Gasteiger partial charge is 0.255 e. The summed E-state index contributed by atoms with van der Waals surface area (Å²) in [5.74, 6) is -0.0617. The van der Waals surface area contributed by atoms with Crippen LogP contribution in [0.4, 0.5) is 0 Å². The fourth-order valence-corrected chi connectivity index (χ4v) is 6.20. The van der Waals surface area contributed by atoms with Crippen molar-refractivity contribution < 1.29 is 26.0 Å². The molecule has 0 unspecified atom stereocenters. The van der Waals surface area contributed by atoms with Crippen LogP contribution in [0, 0.1) is 0 Å². The van der Waals surface area contributed by atoms with Crippen LogP contribution in [-0.2, 0) is 37.9 Å². The minimum atomic E-state index is -3.97. The fraction of sp³-hybridized carbons (Fsp3) is 0.111. The number of carbonyl (C=O) groups is 1. The quantitative estimate of drug-likeness (QED) is 0.177. The molecule has 2 N–H and O–H groups in total. The maximum atomic E-state index is 13.2. The van der Waals surface area contributed by atoms with E-state index in [1.807, 2.05) is 6.07 Å². The lowest BCUT2D eigenvalue weighted by Crippen LogP contribution is -2.39. The summed E-state index contributed by atoms with van der Waals surface area (Å²) >= 11 is 3.27. The zero-order chi connectivity index (χ0) is 28.6.